The molecule has 0 aromatic carbocycles. The highest BCUT2D eigenvalue weighted by atomic mass is 15.1. The molecule has 0 unspecified atom stereocenters. The smallest absolute Gasteiger partial charge is 0.0501 e. The van der Waals surface area contributed by atoms with Gasteiger partial charge in [0.2, 0.25) is 0 Å². The van der Waals surface area contributed by atoms with Crippen molar-refractivity contribution in [3.05, 3.63) is 17.7 Å². The van der Waals surface area contributed by atoms with Crippen LogP contribution in [0.5, 0.6) is 0 Å². The van der Waals surface area contributed by atoms with Gasteiger partial charge < -0.3 is 0 Å². The molecular weight excluding hydrogens is 170 g/mol. The Hall–Kier alpha value is -0.300. The maximum absolute atomic E-state index is 2.39. The van der Waals surface area contributed by atoms with Crippen LogP contribution in [-0.2, 0) is 0 Å². The van der Waals surface area contributed by atoms with Gasteiger partial charge in [0, 0.05) is 0 Å². The number of rotatable bonds is 4. The molecule has 1 rings (SSSR count). The predicted molar refractivity (Wildman–Crippen MR) is 63.0 cm³/mol. The van der Waals surface area contributed by atoms with E-state index in [1.165, 1.54) is 37.7 Å². The Kier molecular flexibility index (Phi) is 5.24. The summed E-state index contributed by atoms with van der Waals surface area (Å²) in [5.41, 5.74) is 3.22. The maximum atomic E-state index is 2.39. The predicted octanol–water partition coefficient (Wildman–Crippen LogP) is 3.77. The lowest BCUT2D eigenvalue weighted by molar-refractivity contribution is 0.379. The lowest BCUT2D eigenvalue weighted by Crippen LogP contribution is -2.20. The molecule has 1 saturated carbocycles. The van der Waals surface area contributed by atoms with Crippen LogP contribution in [0, 0.1) is 6.54 Å². The van der Waals surface area contributed by atoms with Gasteiger partial charge in [0.1, 0.15) is 0 Å². The second-order valence-electron chi connectivity index (χ2n) is 4.20. The molecule has 1 heteroatoms. The first-order chi connectivity index (χ1) is 6.77. The van der Waals surface area contributed by atoms with Crippen LogP contribution in [-0.4, -0.2) is 18.0 Å². The van der Waals surface area contributed by atoms with Gasteiger partial charge in [0.15, 0.2) is 0 Å². The van der Waals surface area contributed by atoms with Crippen LogP contribution in [0.1, 0.15) is 52.9 Å². The first-order valence-corrected chi connectivity index (χ1v) is 6.05. The summed E-state index contributed by atoms with van der Waals surface area (Å²) in [7, 11) is 0. The molecule has 0 amide bonds. The van der Waals surface area contributed by atoms with Crippen LogP contribution in [0.15, 0.2) is 11.1 Å². The SMILES string of the molecule is CCN([CH]C(C)=C1CCCCC1)CC. The molecule has 0 N–H and O–H groups in total. The van der Waals surface area contributed by atoms with Gasteiger partial charge in [-0.2, -0.15) is 0 Å². The van der Waals surface area contributed by atoms with E-state index in [2.05, 4.69) is 32.2 Å². The van der Waals surface area contributed by atoms with Crippen LogP contribution < -0.4 is 0 Å². The number of allylic oxidation sites excluding steroid dienone is 1. The Morgan fingerprint density at radius 1 is 1.14 bits per heavy atom. The van der Waals surface area contributed by atoms with Crippen molar-refractivity contribution in [2.75, 3.05) is 13.1 Å². The summed E-state index contributed by atoms with van der Waals surface area (Å²) >= 11 is 0. The van der Waals surface area contributed by atoms with Crippen molar-refractivity contribution in [1.29, 1.82) is 0 Å². The van der Waals surface area contributed by atoms with Gasteiger partial charge in [-0.1, -0.05) is 31.4 Å². The van der Waals surface area contributed by atoms with Gasteiger partial charge >= 0.3 is 0 Å². The second kappa shape index (κ2) is 6.23. The first-order valence-electron chi connectivity index (χ1n) is 6.05. The molecule has 1 nitrogen and oxygen atoms in total. The Labute approximate surface area is 89.2 Å². The lowest BCUT2D eigenvalue weighted by atomic mass is 9.91. The van der Waals surface area contributed by atoms with Crippen LogP contribution in [0.25, 0.3) is 0 Å². The van der Waals surface area contributed by atoms with Crippen molar-refractivity contribution in [2.24, 2.45) is 0 Å². The van der Waals surface area contributed by atoms with E-state index in [0.717, 1.165) is 13.1 Å². The van der Waals surface area contributed by atoms with Crippen LogP contribution >= 0.6 is 0 Å². The average molecular weight is 194 g/mol. The minimum Gasteiger partial charge on any atom is -0.295 e. The summed E-state index contributed by atoms with van der Waals surface area (Å²) in [6.45, 7) is 11.3. The Balaban J connectivity index is 2.48. The van der Waals surface area contributed by atoms with Crippen molar-refractivity contribution < 1.29 is 0 Å². The van der Waals surface area contributed by atoms with Gasteiger partial charge in [-0.15, -0.1) is 0 Å². The standard InChI is InChI=1S/C13H24N/c1-4-14(5-2)11-12(3)13-9-7-6-8-10-13/h11H,4-10H2,1-3H3. The molecule has 1 aliphatic rings. The molecular formula is C13H24N. The Bertz CT molecular complexity index is 181. The summed E-state index contributed by atoms with van der Waals surface area (Å²) in [4.78, 5) is 2.39. The highest BCUT2D eigenvalue weighted by Crippen LogP contribution is 2.26. The Morgan fingerprint density at radius 3 is 2.21 bits per heavy atom. The van der Waals surface area contributed by atoms with Crippen LogP contribution in [0.4, 0.5) is 0 Å². The summed E-state index contributed by atoms with van der Waals surface area (Å²) in [5.74, 6) is 0. The maximum Gasteiger partial charge on any atom is 0.0501 e. The van der Waals surface area contributed by atoms with Crippen molar-refractivity contribution in [2.45, 2.75) is 52.9 Å². The zero-order valence-electron chi connectivity index (χ0n) is 9.97. The lowest BCUT2D eigenvalue weighted by Gasteiger charge is -2.22. The van der Waals surface area contributed by atoms with Crippen molar-refractivity contribution in [3.63, 3.8) is 0 Å². The van der Waals surface area contributed by atoms with E-state index in [1.807, 2.05) is 0 Å². The van der Waals surface area contributed by atoms with E-state index in [-0.39, 0.29) is 0 Å². The van der Waals surface area contributed by atoms with E-state index < -0.39 is 0 Å². The first kappa shape index (κ1) is 11.8. The van der Waals surface area contributed by atoms with Crippen molar-refractivity contribution in [1.82, 2.24) is 4.90 Å². The molecule has 14 heavy (non-hydrogen) atoms. The molecule has 81 valence electrons. The van der Waals surface area contributed by atoms with Crippen molar-refractivity contribution in [3.8, 4) is 0 Å². The number of hydrogen-bond acceptors (Lipinski definition) is 1. The van der Waals surface area contributed by atoms with Crippen molar-refractivity contribution >= 4 is 0 Å². The molecule has 0 aromatic heterocycles. The van der Waals surface area contributed by atoms with Gasteiger partial charge in [-0.05, 0) is 45.7 Å². The monoisotopic (exact) mass is 194 g/mol. The molecule has 0 saturated heterocycles. The molecule has 1 fully saturated rings. The molecule has 0 spiro atoms. The zero-order valence-corrected chi connectivity index (χ0v) is 9.97. The summed E-state index contributed by atoms with van der Waals surface area (Å²) < 4.78 is 0. The summed E-state index contributed by atoms with van der Waals surface area (Å²) in [6.07, 6.45) is 6.91. The fraction of sp³-hybridized carbons (Fsp3) is 0.769. The minimum atomic E-state index is 1.13. The summed E-state index contributed by atoms with van der Waals surface area (Å²) in [5, 5.41) is 0. The normalized spacial score (nSPS) is 17.6. The van der Waals surface area contributed by atoms with Gasteiger partial charge in [0.25, 0.3) is 0 Å². The second-order valence-corrected chi connectivity index (χ2v) is 4.20. The van der Waals surface area contributed by atoms with Gasteiger partial charge in [0.05, 0.1) is 6.54 Å². The number of likely N-dealkylation sites (N-methyl/N-ethyl adjacent to an activating group) is 1. The molecule has 0 heterocycles. The third-order valence-corrected chi connectivity index (χ3v) is 3.20. The molecule has 0 bridgehead atoms. The molecule has 1 radical (unpaired) electrons. The third kappa shape index (κ3) is 3.45. The quantitative estimate of drug-likeness (QED) is 0.658. The number of nitrogens with zero attached hydrogens (tertiary/aromatic N) is 1. The van der Waals surface area contributed by atoms with E-state index in [4.69, 9.17) is 0 Å². The van der Waals surface area contributed by atoms with E-state index in [1.54, 1.807) is 5.57 Å². The highest BCUT2D eigenvalue weighted by molar-refractivity contribution is 5.20. The fourth-order valence-electron chi connectivity index (χ4n) is 2.14. The third-order valence-electron chi connectivity index (χ3n) is 3.20. The summed E-state index contributed by atoms with van der Waals surface area (Å²) in [6, 6.07) is 0. The molecule has 0 aliphatic heterocycles. The number of hydrogen-bond donors (Lipinski definition) is 0. The average Bonchev–Trinajstić information content (AvgIpc) is 2.26. The van der Waals surface area contributed by atoms with Crippen LogP contribution in [0.3, 0.4) is 0 Å². The van der Waals surface area contributed by atoms with Gasteiger partial charge in [-0.3, -0.25) is 4.90 Å². The van der Waals surface area contributed by atoms with E-state index in [0.29, 0.717) is 0 Å². The molecule has 0 atom stereocenters. The zero-order chi connectivity index (χ0) is 10.4. The largest absolute Gasteiger partial charge is 0.295 e. The minimum absolute atomic E-state index is 1.13. The highest BCUT2D eigenvalue weighted by Gasteiger charge is 2.10. The molecule has 0 aromatic rings. The van der Waals surface area contributed by atoms with Crippen LogP contribution in [0.2, 0.25) is 0 Å². The van der Waals surface area contributed by atoms with E-state index in [9.17, 15) is 0 Å². The topological polar surface area (TPSA) is 3.24 Å². The Morgan fingerprint density at radius 2 is 1.71 bits per heavy atom. The van der Waals surface area contributed by atoms with Gasteiger partial charge in [-0.25, -0.2) is 0 Å². The molecule has 1 aliphatic carbocycles. The van der Waals surface area contributed by atoms with E-state index >= 15 is 0 Å². The fourth-order valence-corrected chi connectivity index (χ4v) is 2.14.